The highest BCUT2D eigenvalue weighted by Gasteiger charge is 2.06. The van der Waals surface area contributed by atoms with E-state index in [0.29, 0.717) is 37.8 Å². The normalized spacial score (nSPS) is 10.9. The fourth-order valence-corrected chi connectivity index (χ4v) is 2.61. The van der Waals surface area contributed by atoms with Crippen molar-refractivity contribution < 1.29 is 9.53 Å². The van der Waals surface area contributed by atoms with Gasteiger partial charge in [-0.15, -0.1) is 0 Å². The molecule has 0 aromatic heterocycles. The van der Waals surface area contributed by atoms with E-state index in [0.717, 1.165) is 16.9 Å². The maximum Gasteiger partial charge on any atom is 0.251 e. The van der Waals surface area contributed by atoms with E-state index in [-0.39, 0.29) is 5.91 Å². The third kappa shape index (κ3) is 6.46. The molecular formula is C22H28N4O2. The Kier molecular flexibility index (Phi) is 8.59. The zero-order valence-corrected chi connectivity index (χ0v) is 16.5. The van der Waals surface area contributed by atoms with Gasteiger partial charge in [0.2, 0.25) is 0 Å². The van der Waals surface area contributed by atoms with Crippen LogP contribution in [-0.4, -0.2) is 32.1 Å². The van der Waals surface area contributed by atoms with Gasteiger partial charge in [0.25, 0.3) is 5.91 Å². The Balaban J connectivity index is 1.93. The molecular weight excluding hydrogens is 352 g/mol. The molecule has 0 bridgehead atoms. The minimum atomic E-state index is -0.0667. The standard InChI is InChI=1S/C22H28N4O2/c1-4-13-28-20-12-7-6-10-19(20)16-26-22(23-3)25-15-17-9-8-11-18(14-17)21(27)24-5-2/h4,6-12,14H,1,5,13,15-16H2,2-3H3,(H,24,27)(H2,23,25,26). The topological polar surface area (TPSA) is 74.8 Å². The molecule has 0 fully saturated rings. The van der Waals surface area contributed by atoms with E-state index in [1.165, 1.54) is 0 Å². The highest BCUT2D eigenvalue weighted by molar-refractivity contribution is 5.94. The zero-order valence-electron chi connectivity index (χ0n) is 16.5. The average molecular weight is 380 g/mol. The van der Waals surface area contributed by atoms with Crippen LogP contribution in [0.25, 0.3) is 0 Å². The smallest absolute Gasteiger partial charge is 0.251 e. The van der Waals surface area contributed by atoms with Crippen LogP contribution in [0.2, 0.25) is 0 Å². The lowest BCUT2D eigenvalue weighted by molar-refractivity contribution is 0.0955. The molecule has 0 heterocycles. The minimum Gasteiger partial charge on any atom is -0.489 e. The molecule has 0 aliphatic heterocycles. The second-order valence-electron chi connectivity index (χ2n) is 6.05. The highest BCUT2D eigenvalue weighted by Crippen LogP contribution is 2.17. The lowest BCUT2D eigenvalue weighted by Crippen LogP contribution is -2.36. The van der Waals surface area contributed by atoms with Crippen molar-refractivity contribution in [1.82, 2.24) is 16.0 Å². The van der Waals surface area contributed by atoms with Crippen LogP contribution < -0.4 is 20.7 Å². The Bertz CT molecular complexity index is 818. The van der Waals surface area contributed by atoms with E-state index >= 15 is 0 Å². The molecule has 148 valence electrons. The number of nitrogens with zero attached hydrogens (tertiary/aromatic N) is 1. The molecule has 6 nitrogen and oxygen atoms in total. The van der Waals surface area contributed by atoms with E-state index < -0.39 is 0 Å². The van der Waals surface area contributed by atoms with Crippen LogP contribution in [-0.2, 0) is 13.1 Å². The number of para-hydroxylation sites is 1. The number of rotatable bonds is 9. The number of benzene rings is 2. The maximum absolute atomic E-state index is 12.0. The van der Waals surface area contributed by atoms with Crippen LogP contribution in [0.1, 0.15) is 28.4 Å². The van der Waals surface area contributed by atoms with Gasteiger partial charge < -0.3 is 20.7 Å². The largest absolute Gasteiger partial charge is 0.489 e. The van der Waals surface area contributed by atoms with Crippen molar-refractivity contribution >= 4 is 11.9 Å². The summed E-state index contributed by atoms with van der Waals surface area (Å²) in [4.78, 5) is 16.2. The molecule has 0 saturated heterocycles. The van der Waals surface area contributed by atoms with Crippen molar-refractivity contribution in [3.05, 3.63) is 77.9 Å². The van der Waals surface area contributed by atoms with Gasteiger partial charge in [-0.1, -0.05) is 43.0 Å². The number of carbonyl (C=O) groups excluding carboxylic acids is 1. The first-order valence-electron chi connectivity index (χ1n) is 9.31. The molecule has 0 atom stereocenters. The van der Waals surface area contributed by atoms with E-state index in [1.807, 2.05) is 55.5 Å². The summed E-state index contributed by atoms with van der Waals surface area (Å²) in [7, 11) is 1.72. The summed E-state index contributed by atoms with van der Waals surface area (Å²) in [5.41, 5.74) is 2.68. The van der Waals surface area contributed by atoms with E-state index in [9.17, 15) is 4.79 Å². The van der Waals surface area contributed by atoms with E-state index in [4.69, 9.17) is 4.74 Å². The Morgan fingerprint density at radius 2 is 1.89 bits per heavy atom. The molecule has 3 N–H and O–H groups in total. The van der Waals surface area contributed by atoms with Crippen molar-refractivity contribution in [1.29, 1.82) is 0 Å². The first-order chi connectivity index (χ1) is 13.7. The number of guanidine groups is 1. The Labute approximate surface area is 166 Å². The second kappa shape index (κ2) is 11.4. The van der Waals surface area contributed by atoms with Gasteiger partial charge in [-0.25, -0.2) is 0 Å². The summed E-state index contributed by atoms with van der Waals surface area (Å²) in [6.07, 6.45) is 1.72. The summed E-state index contributed by atoms with van der Waals surface area (Å²) in [5, 5.41) is 9.36. The van der Waals surface area contributed by atoms with Crippen molar-refractivity contribution in [3.8, 4) is 5.75 Å². The zero-order chi connectivity index (χ0) is 20.2. The third-order valence-electron chi connectivity index (χ3n) is 3.99. The number of carbonyl (C=O) groups is 1. The molecule has 2 aromatic carbocycles. The Hall–Kier alpha value is -3.28. The quantitative estimate of drug-likeness (QED) is 0.355. The number of ether oxygens (including phenoxy) is 1. The number of aliphatic imine (C=N–C) groups is 1. The van der Waals surface area contributed by atoms with Crippen LogP contribution in [0.4, 0.5) is 0 Å². The highest BCUT2D eigenvalue weighted by atomic mass is 16.5. The van der Waals surface area contributed by atoms with Gasteiger partial charge in [0.1, 0.15) is 12.4 Å². The second-order valence-corrected chi connectivity index (χ2v) is 6.05. The molecule has 0 aliphatic carbocycles. The molecule has 0 saturated carbocycles. The first kappa shape index (κ1) is 21.0. The van der Waals surface area contributed by atoms with Crippen LogP contribution in [0.5, 0.6) is 5.75 Å². The lowest BCUT2D eigenvalue weighted by atomic mass is 10.1. The summed E-state index contributed by atoms with van der Waals surface area (Å²) in [6, 6.07) is 15.4. The Morgan fingerprint density at radius 3 is 2.64 bits per heavy atom. The van der Waals surface area contributed by atoms with Crippen molar-refractivity contribution in [2.75, 3.05) is 20.2 Å². The molecule has 2 aromatic rings. The monoisotopic (exact) mass is 380 g/mol. The van der Waals surface area contributed by atoms with Crippen LogP contribution >= 0.6 is 0 Å². The molecule has 0 aliphatic rings. The average Bonchev–Trinajstić information content (AvgIpc) is 2.73. The van der Waals surface area contributed by atoms with Gasteiger partial charge in [0.15, 0.2) is 5.96 Å². The number of hydrogen-bond acceptors (Lipinski definition) is 3. The molecule has 6 heteroatoms. The number of nitrogens with one attached hydrogen (secondary N) is 3. The summed E-state index contributed by atoms with van der Waals surface area (Å²) in [5.74, 6) is 1.42. The number of hydrogen-bond donors (Lipinski definition) is 3. The minimum absolute atomic E-state index is 0.0667. The summed E-state index contributed by atoms with van der Waals surface area (Å²) >= 11 is 0. The fraction of sp³-hybridized carbons (Fsp3) is 0.273. The molecule has 0 unspecified atom stereocenters. The molecule has 28 heavy (non-hydrogen) atoms. The van der Waals surface area contributed by atoms with Gasteiger partial charge in [-0.3, -0.25) is 9.79 Å². The van der Waals surface area contributed by atoms with Crippen molar-refractivity contribution in [2.45, 2.75) is 20.0 Å². The van der Waals surface area contributed by atoms with Crippen molar-refractivity contribution in [2.24, 2.45) is 4.99 Å². The van der Waals surface area contributed by atoms with Crippen molar-refractivity contribution in [3.63, 3.8) is 0 Å². The molecule has 2 rings (SSSR count). The van der Waals surface area contributed by atoms with Gasteiger partial charge in [0, 0.05) is 37.8 Å². The van der Waals surface area contributed by atoms with Crippen LogP contribution in [0.3, 0.4) is 0 Å². The predicted octanol–water partition coefficient (Wildman–Crippen LogP) is 2.87. The molecule has 1 amide bonds. The maximum atomic E-state index is 12.0. The van der Waals surface area contributed by atoms with E-state index in [1.54, 1.807) is 13.1 Å². The predicted molar refractivity (Wildman–Crippen MR) is 114 cm³/mol. The SMILES string of the molecule is C=CCOc1ccccc1CNC(=NC)NCc1cccc(C(=O)NCC)c1. The van der Waals surface area contributed by atoms with Gasteiger partial charge in [0.05, 0.1) is 0 Å². The van der Waals surface area contributed by atoms with Crippen LogP contribution in [0, 0.1) is 0 Å². The fourth-order valence-electron chi connectivity index (χ4n) is 2.61. The van der Waals surface area contributed by atoms with Gasteiger partial charge >= 0.3 is 0 Å². The third-order valence-corrected chi connectivity index (χ3v) is 3.99. The van der Waals surface area contributed by atoms with Gasteiger partial charge in [-0.05, 0) is 30.7 Å². The van der Waals surface area contributed by atoms with Crippen LogP contribution in [0.15, 0.2) is 66.2 Å². The molecule has 0 spiro atoms. The first-order valence-corrected chi connectivity index (χ1v) is 9.31. The Morgan fingerprint density at radius 1 is 1.11 bits per heavy atom. The molecule has 0 radical (unpaired) electrons. The lowest BCUT2D eigenvalue weighted by Gasteiger charge is -2.14. The summed E-state index contributed by atoms with van der Waals surface area (Å²) in [6.45, 7) is 7.78. The van der Waals surface area contributed by atoms with E-state index in [2.05, 4.69) is 27.5 Å². The number of amides is 1. The van der Waals surface area contributed by atoms with Gasteiger partial charge in [-0.2, -0.15) is 0 Å². The summed E-state index contributed by atoms with van der Waals surface area (Å²) < 4.78 is 5.68.